The van der Waals surface area contributed by atoms with E-state index in [1.165, 1.54) is 34.9 Å². The van der Waals surface area contributed by atoms with Crippen molar-refractivity contribution in [3.8, 4) is 0 Å². The predicted molar refractivity (Wildman–Crippen MR) is 117 cm³/mol. The largest absolute Gasteiger partial charge is 0.304 e. The third kappa shape index (κ3) is 2.95. The Morgan fingerprint density at radius 2 is 1.74 bits per heavy atom. The van der Waals surface area contributed by atoms with Crippen LogP contribution in [0.2, 0.25) is 0 Å². The number of benzene rings is 3. The molecule has 1 atom stereocenters. The summed E-state index contributed by atoms with van der Waals surface area (Å²) in [7, 11) is 0. The fourth-order valence-corrected chi connectivity index (χ4v) is 5.57. The lowest BCUT2D eigenvalue weighted by atomic mass is 10.0. The smallest absolute Gasteiger partial charge is 0.269 e. The molecular formula is C24H18F2N2O2S. The van der Waals surface area contributed by atoms with Crippen molar-refractivity contribution in [1.29, 1.82) is 0 Å². The molecule has 3 aromatic rings. The zero-order valence-electron chi connectivity index (χ0n) is 16.6. The normalized spacial score (nSPS) is 20.1. The van der Waals surface area contributed by atoms with E-state index >= 15 is 0 Å². The van der Waals surface area contributed by atoms with Crippen LogP contribution in [0.3, 0.4) is 0 Å². The monoisotopic (exact) mass is 436 g/mol. The first-order valence-corrected chi connectivity index (χ1v) is 10.8. The molecule has 31 heavy (non-hydrogen) atoms. The van der Waals surface area contributed by atoms with E-state index in [0.717, 1.165) is 5.56 Å². The Hall–Kier alpha value is -3.19. The fraction of sp³-hybridized carbons (Fsp3) is 0.167. The molecule has 156 valence electrons. The summed E-state index contributed by atoms with van der Waals surface area (Å²) in [6, 6.07) is 17.9. The minimum atomic E-state index is -1.30. The van der Waals surface area contributed by atoms with E-state index in [4.69, 9.17) is 0 Å². The lowest BCUT2D eigenvalue weighted by molar-refractivity contribution is -0.123. The van der Waals surface area contributed by atoms with E-state index < -0.39 is 10.7 Å². The molecule has 0 saturated carbocycles. The molecule has 4 nitrogen and oxygen atoms in total. The van der Waals surface area contributed by atoms with Gasteiger partial charge < -0.3 is 4.90 Å². The van der Waals surface area contributed by atoms with Crippen molar-refractivity contribution < 1.29 is 18.4 Å². The van der Waals surface area contributed by atoms with Crippen LogP contribution >= 0.6 is 11.8 Å². The van der Waals surface area contributed by atoms with Crippen molar-refractivity contribution in [1.82, 2.24) is 0 Å². The van der Waals surface area contributed by atoms with Gasteiger partial charge in [-0.3, -0.25) is 14.5 Å². The summed E-state index contributed by atoms with van der Waals surface area (Å²) < 4.78 is 27.7. The van der Waals surface area contributed by atoms with Gasteiger partial charge in [0.25, 0.3) is 5.91 Å². The van der Waals surface area contributed by atoms with Gasteiger partial charge in [0.1, 0.15) is 11.6 Å². The second kappa shape index (κ2) is 7.20. The fourth-order valence-electron chi connectivity index (χ4n) is 4.21. The Bertz CT molecular complexity index is 1210. The van der Waals surface area contributed by atoms with Crippen molar-refractivity contribution >= 4 is 35.0 Å². The number of halogens is 2. The maximum Gasteiger partial charge on any atom is 0.269 e. The lowest BCUT2D eigenvalue weighted by Crippen LogP contribution is -2.49. The first kappa shape index (κ1) is 19.8. The highest BCUT2D eigenvalue weighted by Crippen LogP contribution is 2.56. The Morgan fingerprint density at radius 3 is 2.48 bits per heavy atom. The zero-order chi connectivity index (χ0) is 21.8. The number of hydrogen-bond acceptors (Lipinski definition) is 3. The van der Waals surface area contributed by atoms with Gasteiger partial charge in [0.05, 0.1) is 18.0 Å². The average molecular weight is 436 g/mol. The predicted octanol–water partition coefficient (Wildman–Crippen LogP) is 4.75. The number of amides is 2. The number of thioether (sulfide) groups is 1. The molecule has 0 unspecified atom stereocenters. The topological polar surface area (TPSA) is 40.6 Å². The van der Waals surface area contributed by atoms with Crippen LogP contribution in [-0.2, 0) is 21.0 Å². The summed E-state index contributed by atoms with van der Waals surface area (Å²) in [5.41, 5.74) is 2.97. The Kier molecular flexibility index (Phi) is 4.59. The van der Waals surface area contributed by atoms with Crippen LogP contribution in [0.15, 0.2) is 66.7 Å². The van der Waals surface area contributed by atoms with E-state index in [2.05, 4.69) is 0 Å². The minimum absolute atomic E-state index is 0.111. The molecule has 1 saturated heterocycles. The Labute approximate surface area is 182 Å². The van der Waals surface area contributed by atoms with E-state index in [1.54, 1.807) is 36.1 Å². The van der Waals surface area contributed by atoms with Gasteiger partial charge in [-0.2, -0.15) is 0 Å². The first-order chi connectivity index (χ1) is 14.9. The first-order valence-electron chi connectivity index (χ1n) is 9.81. The second-order valence-corrected chi connectivity index (χ2v) is 8.80. The Balaban J connectivity index is 1.63. The van der Waals surface area contributed by atoms with E-state index in [-0.39, 0.29) is 29.9 Å². The number of rotatable bonds is 3. The molecule has 2 heterocycles. The highest BCUT2D eigenvalue weighted by molar-refractivity contribution is 8.02. The maximum atomic E-state index is 14.4. The van der Waals surface area contributed by atoms with Gasteiger partial charge in [0.2, 0.25) is 10.8 Å². The SMILES string of the molecule is Cc1ccc(N2C(=O)CS[C@]23C(=O)N(Cc2ccc(F)cc2)c2ccccc23)cc1F. The molecule has 2 aliphatic rings. The molecule has 0 N–H and O–H groups in total. The lowest BCUT2D eigenvalue weighted by Gasteiger charge is -2.33. The van der Waals surface area contributed by atoms with Crippen molar-refractivity contribution in [3.63, 3.8) is 0 Å². The second-order valence-electron chi connectivity index (χ2n) is 7.63. The zero-order valence-corrected chi connectivity index (χ0v) is 17.5. The van der Waals surface area contributed by atoms with Crippen molar-refractivity contribution in [2.45, 2.75) is 18.3 Å². The number of carbonyl (C=O) groups excluding carboxylic acids is 2. The van der Waals surface area contributed by atoms with Gasteiger partial charge in [-0.15, -0.1) is 11.8 Å². The number of aryl methyl sites for hydroxylation is 1. The summed E-state index contributed by atoms with van der Waals surface area (Å²) in [6.45, 7) is 1.89. The molecule has 5 rings (SSSR count). The molecule has 0 radical (unpaired) electrons. The average Bonchev–Trinajstić information content (AvgIpc) is 3.23. The van der Waals surface area contributed by atoms with Crippen LogP contribution < -0.4 is 9.80 Å². The number of nitrogens with zero attached hydrogens (tertiary/aromatic N) is 2. The van der Waals surface area contributed by atoms with Gasteiger partial charge in [-0.1, -0.05) is 36.4 Å². The maximum absolute atomic E-state index is 14.4. The molecule has 7 heteroatoms. The van der Waals surface area contributed by atoms with Gasteiger partial charge in [-0.25, -0.2) is 8.78 Å². The van der Waals surface area contributed by atoms with Crippen LogP contribution in [0.4, 0.5) is 20.2 Å². The van der Waals surface area contributed by atoms with Crippen molar-refractivity contribution in [2.75, 3.05) is 15.6 Å². The van der Waals surface area contributed by atoms with Gasteiger partial charge >= 0.3 is 0 Å². The van der Waals surface area contributed by atoms with Gasteiger partial charge in [-0.05, 0) is 48.4 Å². The number of anilines is 2. The van der Waals surface area contributed by atoms with Crippen LogP contribution in [-0.4, -0.2) is 17.6 Å². The van der Waals surface area contributed by atoms with Crippen LogP contribution in [0.1, 0.15) is 16.7 Å². The van der Waals surface area contributed by atoms with Crippen LogP contribution in [0.25, 0.3) is 0 Å². The highest BCUT2D eigenvalue weighted by Gasteiger charge is 2.60. The molecule has 0 aromatic heterocycles. The van der Waals surface area contributed by atoms with Crippen molar-refractivity contribution in [2.24, 2.45) is 0 Å². The summed E-state index contributed by atoms with van der Waals surface area (Å²) in [6.07, 6.45) is 0. The molecule has 2 aliphatic heterocycles. The standard InChI is InChI=1S/C24H18F2N2O2S/c1-15-6-11-18(12-20(15)26)28-22(29)14-31-24(28)19-4-2-3-5-21(19)27(23(24)30)13-16-7-9-17(25)10-8-16/h2-12H,13-14H2,1H3/t24-/m1/s1. The number of fused-ring (bicyclic) bond motifs is 2. The van der Waals surface area contributed by atoms with Crippen LogP contribution in [0, 0.1) is 18.6 Å². The summed E-state index contributed by atoms with van der Waals surface area (Å²) in [5.74, 6) is -1.19. The third-order valence-electron chi connectivity index (χ3n) is 5.73. The summed E-state index contributed by atoms with van der Waals surface area (Å²) >= 11 is 1.24. The van der Waals surface area contributed by atoms with Crippen molar-refractivity contribution in [3.05, 3.63) is 95.1 Å². The minimum Gasteiger partial charge on any atom is -0.304 e. The molecule has 3 aromatic carbocycles. The highest BCUT2D eigenvalue weighted by atomic mass is 32.2. The number of para-hydroxylation sites is 1. The van der Waals surface area contributed by atoms with Crippen LogP contribution in [0.5, 0.6) is 0 Å². The molecular weight excluding hydrogens is 418 g/mol. The summed E-state index contributed by atoms with van der Waals surface area (Å²) in [5, 5.41) is 0. The molecule has 1 fully saturated rings. The molecule has 0 bridgehead atoms. The number of carbonyl (C=O) groups is 2. The molecule has 2 amide bonds. The van der Waals surface area contributed by atoms with E-state index in [1.807, 2.05) is 24.3 Å². The van der Waals surface area contributed by atoms with Gasteiger partial charge in [0.15, 0.2) is 0 Å². The Morgan fingerprint density at radius 1 is 1.00 bits per heavy atom. The van der Waals surface area contributed by atoms with Gasteiger partial charge in [0, 0.05) is 11.3 Å². The third-order valence-corrected chi connectivity index (χ3v) is 7.12. The number of hydrogen-bond donors (Lipinski definition) is 0. The summed E-state index contributed by atoms with van der Waals surface area (Å²) in [4.78, 5) is 28.6. The quantitative estimate of drug-likeness (QED) is 0.595. The van der Waals surface area contributed by atoms with E-state index in [0.29, 0.717) is 22.5 Å². The van der Waals surface area contributed by atoms with E-state index in [9.17, 15) is 18.4 Å². The molecule has 1 spiro atoms. The molecule has 0 aliphatic carbocycles.